The van der Waals surface area contributed by atoms with Crippen LogP contribution in [0, 0.1) is 6.92 Å². The van der Waals surface area contributed by atoms with Gasteiger partial charge in [0, 0.05) is 30.5 Å². The average Bonchev–Trinajstić information content (AvgIpc) is 3.07. The molecule has 1 aliphatic heterocycles. The fourth-order valence-electron chi connectivity index (χ4n) is 3.98. The van der Waals surface area contributed by atoms with Crippen LogP contribution in [0.15, 0.2) is 47.4 Å². The van der Waals surface area contributed by atoms with Crippen LogP contribution in [0.1, 0.15) is 23.0 Å². The molecule has 9 heteroatoms. The zero-order valence-corrected chi connectivity index (χ0v) is 19.0. The van der Waals surface area contributed by atoms with Gasteiger partial charge in [-0.25, -0.2) is 8.42 Å². The first-order valence-corrected chi connectivity index (χ1v) is 11.9. The number of hydrogen-bond acceptors (Lipinski definition) is 4. The van der Waals surface area contributed by atoms with Gasteiger partial charge in [-0.15, -0.1) is 0 Å². The van der Waals surface area contributed by atoms with E-state index in [1.165, 1.54) is 22.5 Å². The number of carbonyl (C=O) groups is 1. The van der Waals surface area contributed by atoms with Gasteiger partial charge in [0.1, 0.15) is 5.69 Å². The molecule has 0 bridgehead atoms. The minimum absolute atomic E-state index is 0.0851. The molecule has 1 aromatic heterocycles. The Kier molecular flexibility index (Phi) is 6.07. The lowest BCUT2D eigenvalue weighted by atomic mass is 10.1. The molecule has 0 atom stereocenters. The second-order valence-corrected chi connectivity index (χ2v) is 9.69. The van der Waals surface area contributed by atoms with Crippen LogP contribution in [0.3, 0.4) is 0 Å². The lowest BCUT2D eigenvalue weighted by Crippen LogP contribution is -2.40. The number of benzene rings is 2. The smallest absolute Gasteiger partial charge is 0.272 e. The summed E-state index contributed by atoms with van der Waals surface area (Å²) in [5, 5.41) is 4.09. The van der Waals surface area contributed by atoms with Gasteiger partial charge in [-0.05, 0) is 43.7 Å². The van der Waals surface area contributed by atoms with Gasteiger partial charge < -0.3 is 14.6 Å². The summed E-state index contributed by atoms with van der Waals surface area (Å²) in [6.07, 6.45) is 0. The van der Waals surface area contributed by atoms with Crippen LogP contribution in [0.4, 0.5) is 5.69 Å². The summed E-state index contributed by atoms with van der Waals surface area (Å²) < 4.78 is 34.6. The van der Waals surface area contributed by atoms with Crippen LogP contribution < -0.4 is 5.32 Å². The molecule has 0 unspecified atom stereocenters. The molecule has 0 radical (unpaired) electrons. The highest BCUT2D eigenvalue weighted by Crippen LogP contribution is 2.30. The molecule has 2 heterocycles. The summed E-state index contributed by atoms with van der Waals surface area (Å²) in [7, 11) is -3.71. The first-order valence-electron chi connectivity index (χ1n) is 10.1. The second kappa shape index (κ2) is 8.63. The Morgan fingerprint density at radius 3 is 2.58 bits per heavy atom. The summed E-state index contributed by atoms with van der Waals surface area (Å²) in [6.45, 7) is 5.81. The lowest BCUT2D eigenvalue weighted by molar-refractivity contribution is 0.0730. The normalized spacial score (nSPS) is 15.3. The fourth-order valence-corrected chi connectivity index (χ4v) is 5.58. The molecule has 0 saturated carbocycles. The first kappa shape index (κ1) is 21.8. The number of aryl methyl sites for hydroxylation is 2. The number of hydrogen-bond donors (Lipinski definition) is 1. The largest absolute Gasteiger partial charge is 0.379 e. The second-order valence-electron chi connectivity index (χ2n) is 7.35. The number of sulfonamides is 1. The molecular weight excluding hydrogens is 438 g/mol. The van der Waals surface area contributed by atoms with E-state index in [1.807, 2.05) is 42.7 Å². The molecule has 1 N–H and O–H groups in total. The number of amides is 1. The van der Waals surface area contributed by atoms with E-state index in [2.05, 4.69) is 5.32 Å². The monoisotopic (exact) mass is 461 g/mol. The van der Waals surface area contributed by atoms with Crippen LogP contribution in [0.2, 0.25) is 5.02 Å². The van der Waals surface area contributed by atoms with Crippen molar-refractivity contribution < 1.29 is 17.9 Å². The summed E-state index contributed by atoms with van der Waals surface area (Å²) in [6, 6.07) is 12.2. The van der Waals surface area contributed by atoms with E-state index in [0.717, 1.165) is 16.5 Å². The zero-order chi connectivity index (χ0) is 22.2. The molecule has 3 aromatic rings. The van der Waals surface area contributed by atoms with Crippen molar-refractivity contribution in [2.45, 2.75) is 25.3 Å². The minimum atomic E-state index is -3.71. The predicted molar refractivity (Wildman–Crippen MR) is 121 cm³/mol. The molecule has 0 aliphatic carbocycles. The molecule has 31 heavy (non-hydrogen) atoms. The van der Waals surface area contributed by atoms with Crippen LogP contribution in [0.25, 0.3) is 10.9 Å². The van der Waals surface area contributed by atoms with Crippen LogP contribution in [0.5, 0.6) is 0 Å². The topological polar surface area (TPSA) is 80.6 Å². The maximum Gasteiger partial charge on any atom is 0.272 e. The molecule has 1 fully saturated rings. The Morgan fingerprint density at radius 1 is 1.16 bits per heavy atom. The zero-order valence-electron chi connectivity index (χ0n) is 17.4. The number of fused-ring (bicyclic) bond motifs is 1. The van der Waals surface area contributed by atoms with Crippen LogP contribution in [-0.4, -0.2) is 49.5 Å². The van der Waals surface area contributed by atoms with Crippen molar-refractivity contribution in [1.82, 2.24) is 8.87 Å². The van der Waals surface area contributed by atoms with E-state index in [0.29, 0.717) is 38.5 Å². The van der Waals surface area contributed by atoms with Gasteiger partial charge in [0.2, 0.25) is 10.0 Å². The van der Waals surface area contributed by atoms with Gasteiger partial charge in [0.05, 0.1) is 28.8 Å². The van der Waals surface area contributed by atoms with Gasteiger partial charge in [0.25, 0.3) is 5.91 Å². The maximum atomic E-state index is 13.2. The van der Waals surface area contributed by atoms with Crippen molar-refractivity contribution in [3.63, 3.8) is 0 Å². The number of aromatic nitrogens is 1. The van der Waals surface area contributed by atoms with Gasteiger partial charge in [0.15, 0.2) is 0 Å². The highest BCUT2D eigenvalue weighted by atomic mass is 35.5. The number of morpholine rings is 1. The molecule has 0 spiro atoms. The summed E-state index contributed by atoms with van der Waals surface area (Å²) in [5.74, 6) is -0.335. The quantitative estimate of drug-likeness (QED) is 0.625. The SMILES string of the molecule is CCn1c(C(=O)Nc2cc(S(=O)(=O)N3CCOCC3)ccc2Cl)c(C)c2ccccc21. The Hall–Kier alpha value is -2.39. The van der Waals surface area contributed by atoms with Crippen molar-refractivity contribution in [1.29, 1.82) is 0 Å². The van der Waals surface area contributed by atoms with Gasteiger partial charge in [-0.3, -0.25) is 4.79 Å². The molecule has 7 nitrogen and oxygen atoms in total. The highest BCUT2D eigenvalue weighted by Gasteiger charge is 2.27. The fraction of sp³-hybridized carbons (Fsp3) is 0.318. The Balaban J connectivity index is 1.69. The van der Waals surface area contributed by atoms with Gasteiger partial charge >= 0.3 is 0 Å². The number of rotatable bonds is 5. The molecular formula is C22H24ClN3O4S. The minimum Gasteiger partial charge on any atom is -0.379 e. The number of nitrogens with one attached hydrogen (secondary N) is 1. The molecule has 1 amide bonds. The van der Waals surface area contributed by atoms with Gasteiger partial charge in [-0.1, -0.05) is 29.8 Å². The van der Waals surface area contributed by atoms with E-state index >= 15 is 0 Å². The Labute approximate surface area is 186 Å². The summed E-state index contributed by atoms with van der Waals surface area (Å²) >= 11 is 6.31. The number of para-hydroxylation sites is 1. The van der Waals surface area contributed by atoms with Crippen molar-refractivity contribution >= 4 is 44.1 Å². The molecule has 1 aliphatic rings. The molecule has 164 valence electrons. The highest BCUT2D eigenvalue weighted by molar-refractivity contribution is 7.89. The van der Waals surface area contributed by atoms with Crippen molar-refractivity contribution in [3.05, 3.63) is 58.7 Å². The van der Waals surface area contributed by atoms with Crippen molar-refractivity contribution in [3.8, 4) is 0 Å². The van der Waals surface area contributed by atoms with Crippen LogP contribution in [-0.2, 0) is 21.3 Å². The van der Waals surface area contributed by atoms with Crippen LogP contribution >= 0.6 is 11.6 Å². The number of nitrogens with zero attached hydrogens (tertiary/aromatic N) is 2. The average molecular weight is 462 g/mol. The van der Waals surface area contributed by atoms with Crippen molar-refractivity contribution in [2.24, 2.45) is 0 Å². The third-order valence-electron chi connectivity index (χ3n) is 5.55. The summed E-state index contributed by atoms with van der Waals surface area (Å²) in [4.78, 5) is 13.3. The van der Waals surface area contributed by atoms with E-state index in [4.69, 9.17) is 16.3 Å². The summed E-state index contributed by atoms with van der Waals surface area (Å²) in [5.41, 5.74) is 2.63. The molecule has 1 saturated heterocycles. The van der Waals surface area contributed by atoms with E-state index in [-0.39, 0.29) is 21.5 Å². The van der Waals surface area contributed by atoms with Gasteiger partial charge in [-0.2, -0.15) is 4.31 Å². The number of ether oxygens (including phenoxy) is 1. The number of halogens is 1. The Bertz CT molecular complexity index is 1250. The lowest BCUT2D eigenvalue weighted by Gasteiger charge is -2.26. The first-order chi connectivity index (χ1) is 14.8. The predicted octanol–water partition coefficient (Wildman–Crippen LogP) is 3.90. The van der Waals surface area contributed by atoms with Crippen molar-refractivity contribution in [2.75, 3.05) is 31.6 Å². The molecule has 4 rings (SSSR count). The van der Waals surface area contributed by atoms with E-state index < -0.39 is 10.0 Å². The maximum absolute atomic E-state index is 13.2. The third kappa shape index (κ3) is 3.96. The number of anilines is 1. The molecule has 2 aromatic carbocycles. The standard InChI is InChI=1S/C22H24ClN3O4S/c1-3-26-20-7-5-4-6-17(20)15(2)21(26)22(27)24-19-14-16(8-9-18(19)23)31(28,29)25-10-12-30-13-11-25/h4-9,14H,3,10-13H2,1-2H3,(H,24,27). The number of carbonyl (C=O) groups excluding carboxylic acids is 1. The Morgan fingerprint density at radius 2 is 1.87 bits per heavy atom. The van der Waals surface area contributed by atoms with E-state index in [1.54, 1.807) is 0 Å². The van der Waals surface area contributed by atoms with E-state index in [9.17, 15) is 13.2 Å². The third-order valence-corrected chi connectivity index (χ3v) is 7.77.